The van der Waals surface area contributed by atoms with Crippen molar-refractivity contribution < 1.29 is 0 Å². The Hall–Kier alpha value is -0.0800. The highest BCUT2D eigenvalue weighted by molar-refractivity contribution is 4.78. The number of nitrogens with zero attached hydrogens (tertiary/aromatic N) is 2. The van der Waals surface area contributed by atoms with Crippen molar-refractivity contribution in [2.45, 2.75) is 45.6 Å². The molecule has 0 aromatic rings. The van der Waals surface area contributed by atoms with Crippen LogP contribution < -0.4 is 0 Å². The molecular weight excluding hydrogens is 184 g/mol. The molecule has 1 fully saturated rings. The molecule has 0 aliphatic heterocycles. The van der Waals surface area contributed by atoms with Crippen molar-refractivity contribution in [3.05, 3.63) is 0 Å². The van der Waals surface area contributed by atoms with Crippen LogP contribution in [0.5, 0.6) is 0 Å². The number of rotatable bonds is 5. The van der Waals surface area contributed by atoms with E-state index in [1.54, 1.807) is 0 Å². The summed E-state index contributed by atoms with van der Waals surface area (Å²) in [4.78, 5) is 4.96. The first-order valence-electron chi connectivity index (χ1n) is 6.52. The topological polar surface area (TPSA) is 6.48 Å². The normalized spacial score (nSPS) is 27.6. The van der Waals surface area contributed by atoms with Crippen LogP contribution >= 0.6 is 0 Å². The van der Waals surface area contributed by atoms with E-state index in [2.05, 4.69) is 37.7 Å². The minimum atomic E-state index is 0.867. The monoisotopic (exact) mass is 212 g/mol. The second kappa shape index (κ2) is 6.49. The lowest BCUT2D eigenvalue weighted by Gasteiger charge is -2.36. The van der Waals surface area contributed by atoms with E-state index in [9.17, 15) is 0 Å². The predicted octanol–water partition coefficient (Wildman–Crippen LogP) is 2.45. The van der Waals surface area contributed by atoms with Gasteiger partial charge in [0.15, 0.2) is 0 Å². The molecule has 0 aromatic heterocycles. The lowest BCUT2D eigenvalue weighted by molar-refractivity contribution is 0.136. The molecule has 2 heteroatoms. The molecule has 1 rings (SSSR count). The van der Waals surface area contributed by atoms with Gasteiger partial charge in [-0.05, 0) is 52.2 Å². The van der Waals surface area contributed by atoms with Gasteiger partial charge in [0.05, 0.1) is 0 Å². The molecule has 2 nitrogen and oxygen atoms in total. The summed E-state index contributed by atoms with van der Waals surface area (Å²) in [5.41, 5.74) is 0. The standard InChI is InChI=1S/C13H28N2/c1-5-15(11-10-14(3)4)13-8-6-12(2)7-9-13/h12-13H,5-11H2,1-4H3. The van der Waals surface area contributed by atoms with Gasteiger partial charge in [-0.2, -0.15) is 0 Å². The molecule has 0 atom stereocenters. The Morgan fingerprint density at radius 2 is 1.60 bits per heavy atom. The average Bonchev–Trinajstić information content (AvgIpc) is 2.21. The van der Waals surface area contributed by atoms with Crippen molar-refractivity contribution in [2.75, 3.05) is 33.7 Å². The van der Waals surface area contributed by atoms with Crippen molar-refractivity contribution in [1.82, 2.24) is 9.80 Å². The molecule has 1 aliphatic rings. The number of hydrogen-bond acceptors (Lipinski definition) is 2. The van der Waals surface area contributed by atoms with Crippen molar-refractivity contribution in [2.24, 2.45) is 5.92 Å². The van der Waals surface area contributed by atoms with E-state index in [1.165, 1.54) is 45.3 Å². The van der Waals surface area contributed by atoms with E-state index in [-0.39, 0.29) is 0 Å². The van der Waals surface area contributed by atoms with Crippen LogP contribution in [0.25, 0.3) is 0 Å². The molecule has 0 spiro atoms. The van der Waals surface area contributed by atoms with Crippen LogP contribution in [-0.4, -0.2) is 49.6 Å². The van der Waals surface area contributed by atoms with Crippen LogP contribution in [-0.2, 0) is 0 Å². The summed E-state index contributed by atoms with van der Waals surface area (Å²) in [6.07, 6.45) is 5.71. The van der Waals surface area contributed by atoms with Crippen LogP contribution in [0, 0.1) is 5.92 Å². The highest BCUT2D eigenvalue weighted by atomic mass is 15.2. The fourth-order valence-corrected chi connectivity index (χ4v) is 2.53. The van der Waals surface area contributed by atoms with Gasteiger partial charge in [0.25, 0.3) is 0 Å². The minimum absolute atomic E-state index is 0.867. The van der Waals surface area contributed by atoms with E-state index in [4.69, 9.17) is 0 Å². The molecule has 15 heavy (non-hydrogen) atoms. The van der Waals surface area contributed by atoms with Gasteiger partial charge in [-0.15, -0.1) is 0 Å². The van der Waals surface area contributed by atoms with Crippen molar-refractivity contribution >= 4 is 0 Å². The molecule has 90 valence electrons. The Kier molecular flexibility index (Phi) is 5.62. The van der Waals surface area contributed by atoms with Gasteiger partial charge in [0.1, 0.15) is 0 Å². The van der Waals surface area contributed by atoms with Gasteiger partial charge in [0.2, 0.25) is 0 Å². The second-order valence-electron chi connectivity index (χ2n) is 5.35. The largest absolute Gasteiger partial charge is 0.308 e. The predicted molar refractivity (Wildman–Crippen MR) is 67.2 cm³/mol. The molecule has 0 unspecified atom stereocenters. The SMILES string of the molecule is CCN(CCN(C)C)C1CCC(C)CC1. The Morgan fingerprint density at radius 1 is 1.00 bits per heavy atom. The molecule has 0 radical (unpaired) electrons. The average molecular weight is 212 g/mol. The van der Waals surface area contributed by atoms with Crippen molar-refractivity contribution in [1.29, 1.82) is 0 Å². The van der Waals surface area contributed by atoms with Gasteiger partial charge in [-0.3, -0.25) is 4.90 Å². The van der Waals surface area contributed by atoms with Crippen LogP contribution in [0.1, 0.15) is 39.5 Å². The van der Waals surface area contributed by atoms with Crippen LogP contribution in [0.3, 0.4) is 0 Å². The summed E-state index contributed by atoms with van der Waals surface area (Å²) in [6.45, 7) is 8.34. The second-order valence-corrected chi connectivity index (χ2v) is 5.35. The highest BCUT2D eigenvalue weighted by Crippen LogP contribution is 2.26. The maximum Gasteiger partial charge on any atom is 0.0112 e. The molecule has 0 heterocycles. The third-order valence-corrected chi connectivity index (χ3v) is 3.74. The first-order valence-corrected chi connectivity index (χ1v) is 6.52. The van der Waals surface area contributed by atoms with Gasteiger partial charge >= 0.3 is 0 Å². The Morgan fingerprint density at radius 3 is 2.07 bits per heavy atom. The van der Waals surface area contributed by atoms with E-state index in [0.717, 1.165) is 12.0 Å². The van der Waals surface area contributed by atoms with E-state index in [1.807, 2.05) is 0 Å². The molecule has 1 saturated carbocycles. The minimum Gasteiger partial charge on any atom is -0.308 e. The summed E-state index contributed by atoms with van der Waals surface area (Å²) < 4.78 is 0. The molecular formula is C13H28N2. The highest BCUT2D eigenvalue weighted by Gasteiger charge is 2.22. The van der Waals surface area contributed by atoms with E-state index in [0.29, 0.717) is 0 Å². The molecule has 1 aliphatic carbocycles. The zero-order chi connectivity index (χ0) is 11.3. The van der Waals surface area contributed by atoms with E-state index < -0.39 is 0 Å². The third kappa shape index (κ3) is 4.52. The summed E-state index contributed by atoms with van der Waals surface area (Å²) in [7, 11) is 4.33. The van der Waals surface area contributed by atoms with Gasteiger partial charge < -0.3 is 4.90 Å². The smallest absolute Gasteiger partial charge is 0.0112 e. The van der Waals surface area contributed by atoms with Crippen LogP contribution in [0.4, 0.5) is 0 Å². The number of hydrogen-bond donors (Lipinski definition) is 0. The van der Waals surface area contributed by atoms with Gasteiger partial charge in [0, 0.05) is 19.1 Å². The van der Waals surface area contributed by atoms with E-state index >= 15 is 0 Å². The summed E-state index contributed by atoms with van der Waals surface area (Å²) in [5, 5.41) is 0. The lowest BCUT2D eigenvalue weighted by Crippen LogP contribution is -2.41. The number of likely N-dealkylation sites (N-methyl/N-ethyl adjacent to an activating group) is 2. The van der Waals surface area contributed by atoms with Crippen molar-refractivity contribution in [3.8, 4) is 0 Å². The molecule has 0 N–H and O–H groups in total. The van der Waals surface area contributed by atoms with Crippen LogP contribution in [0.2, 0.25) is 0 Å². The fraction of sp³-hybridized carbons (Fsp3) is 1.00. The lowest BCUT2D eigenvalue weighted by atomic mass is 9.86. The Balaban J connectivity index is 2.31. The van der Waals surface area contributed by atoms with Crippen LogP contribution in [0.15, 0.2) is 0 Å². The fourth-order valence-electron chi connectivity index (χ4n) is 2.53. The van der Waals surface area contributed by atoms with Gasteiger partial charge in [-0.25, -0.2) is 0 Å². The molecule has 0 amide bonds. The summed E-state index contributed by atoms with van der Waals surface area (Å²) in [6, 6.07) is 0.867. The summed E-state index contributed by atoms with van der Waals surface area (Å²) >= 11 is 0. The first-order chi connectivity index (χ1) is 7.13. The third-order valence-electron chi connectivity index (χ3n) is 3.74. The maximum absolute atomic E-state index is 2.67. The molecule has 0 aromatic carbocycles. The summed E-state index contributed by atoms with van der Waals surface area (Å²) in [5.74, 6) is 0.966. The molecule has 0 bridgehead atoms. The zero-order valence-corrected chi connectivity index (χ0v) is 11.0. The Bertz CT molecular complexity index is 160. The maximum atomic E-state index is 2.67. The van der Waals surface area contributed by atoms with Gasteiger partial charge in [-0.1, -0.05) is 13.8 Å². The molecule has 0 saturated heterocycles. The first kappa shape index (κ1) is 13.0. The Labute approximate surface area is 95.6 Å². The zero-order valence-electron chi connectivity index (χ0n) is 11.0. The van der Waals surface area contributed by atoms with Crippen molar-refractivity contribution in [3.63, 3.8) is 0 Å². The quantitative estimate of drug-likeness (QED) is 0.691.